The van der Waals surface area contributed by atoms with E-state index in [0.717, 1.165) is 5.03 Å². The van der Waals surface area contributed by atoms with E-state index in [1.807, 2.05) is 0 Å². The molecule has 1 fully saturated rings. The molecule has 1 aliphatic heterocycles. The lowest BCUT2D eigenvalue weighted by molar-refractivity contribution is -0.124. The minimum Gasteiger partial charge on any atom is -0.359 e. The minimum absolute atomic E-state index is 0.0601. The monoisotopic (exact) mass is 212 g/mol. The maximum atomic E-state index is 11.1. The normalized spacial score (nSPS) is 15.4. The average Bonchev–Trinajstić information content (AvgIpc) is 2.49. The van der Waals surface area contributed by atoms with Crippen molar-refractivity contribution in [2.45, 2.75) is 6.42 Å². The molecular weight excluding hydrogens is 200 g/mol. The number of nitrogens with one attached hydrogen (secondary N) is 1. The molecule has 0 aliphatic carbocycles. The number of carbonyl (C=O) groups is 2. The molecule has 0 aromatic heterocycles. The lowest BCUT2D eigenvalue weighted by atomic mass is 10.4. The number of nitrogens with zero attached hydrogens (tertiary/aromatic N) is 1. The van der Waals surface area contributed by atoms with Crippen molar-refractivity contribution in [2.24, 2.45) is 0 Å². The van der Waals surface area contributed by atoms with Gasteiger partial charge < -0.3 is 10.2 Å². The molecule has 14 heavy (non-hydrogen) atoms. The zero-order valence-corrected chi connectivity index (χ0v) is 8.98. The SMILES string of the molecule is CNC(=O)CC=C=C1SCC(=O)N1C. The van der Waals surface area contributed by atoms with Crippen LogP contribution in [0.4, 0.5) is 0 Å². The molecule has 1 N–H and O–H groups in total. The molecule has 4 nitrogen and oxygen atoms in total. The second-order valence-corrected chi connectivity index (χ2v) is 3.74. The zero-order valence-electron chi connectivity index (χ0n) is 8.16. The van der Waals surface area contributed by atoms with Crippen LogP contribution in [-0.2, 0) is 9.59 Å². The van der Waals surface area contributed by atoms with E-state index in [2.05, 4.69) is 11.0 Å². The zero-order chi connectivity index (χ0) is 10.6. The summed E-state index contributed by atoms with van der Waals surface area (Å²) < 4.78 is 0. The second-order valence-electron chi connectivity index (χ2n) is 2.77. The largest absolute Gasteiger partial charge is 0.359 e. The standard InChI is InChI=1S/C9H12N2O2S/c1-10-7(12)4-3-5-9-11(2)8(13)6-14-9/h3H,4,6H2,1-2H3,(H,10,12). The molecule has 0 radical (unpaired) electrons. The Morgan fingerprint density at radius 2 is 2.50 bits per heavy atom. The molecule has 0 bridgehead atoms. The highest BCUT2D eigenvalue weighted by atomic mass is 32.2. The highest BCUT2D eigenvalue weighted by Gasteiger charge is 2.21. The summed E-state index contributed by atoms with van der Waals surface area (Å²) >= 11 is 1.44. The first-order chi connectivity index (χ1) is 6.65. The van der Waals surface area contributed by atoms with Crippen molar-refractivity contribution in [3.8, 4) is 0 Å². The van der Waals surface area contributed by atoms with Crippen molar-refractivity contribution in [1.82, 2.24) is 10.2 Å². The van der Waals surface area contributed by atoms with Crippen molar-refractivity contribution in [3.63, 3.8) is 0 Å². The molecule has 5 heteroatoms. The molecule has 0 aromatic rings. The third-order valence-corrected chi connectivity index (χ3v) is 2.86. The lowest BCUT2D eigenvalue weighted by Gasteiger charge is -2.05. The fraction of sp³-hybridized carbons (Fsp3) is 0.444. The van der Waals surface area contributed by atoms with Gasteiger partial charge in [0.25, 0.3) is 0 Å². The van der Waals surface area contributed by atoms with Crippen LogP contribution in [0, 0.1) is 0 Å². The predicted molar refractivity (Wildman–Crippen MR) is 55.5 cm³/mol. The molecule has 1 aliphatic rings. The molecule has 2 amide bonds. The molecule has 1 rings (SSSR count). The predicted octanol–water partition coefficient (Wildman–Crippen LogP) is 0.324. The van der Waals surface area contributed by atoms with Crippen LogP contribution in [0.2, 0.25) is 0 Å². The van der Waals surface area contributed by atoms with Gasteiger partial charge in [-0.3, -0.25) is 9.59 Å². The van der Waals surface area contributed by atoms with E-state index in [1.54, 1.807) is 25.1 Å². The summed E-state index contributed by atoms with van der Waals surface area (Å²) in [5.74, 6) is 0.480. The summed E-state index contributed by atoms with van der Waals surface area (Å²) in [6.07, 6.45) is 1.93. The number of thioether (sulfide) groups is 1. The Kier molecular flexibility index (Phi) is 3.80. The Morgan fingerprint density at radius 1 is 1.79 bits per heavy atom. The van der Waals surface area contributed by atoms with E-state index in [4.69, 9.17) is 0 Å². The Bertz CT molecular complexity index is 319. The summed E-state index contributed by atoms with van der Waals surface area (Å²) in [5, 5.41) is 3.28. The van der Waals surface area contributed by atoms with Crippen molar-refractivity contribution in [3.05, 3.63) is 16.8 Å². The van der Waals surface area contributed by atoms with Gasteiger partial charge in [0.15, 0.2) is 0 Å². The van der Waals surface area contributed by atoms with Crippen LogP contribution < -0.4 is 5.32 Å². The molecule has 0 unspecified atom stereocenters. The van der Waals surface area contributed by atoms with Crippen LogP contribution in [0.3, 0.4) is 0 Å². The van der Waals surface area contributed by atoms with E-state index in [9.17, 15) is 9.59 Å². The number of hydrogen-bond acceptors (Lipinski definition) is 3. The molecule has 0 aromatic carbocycles. The Labute approximate surface area is 87.0 Å². The molecule has 1 heterocycles. The molecule has 0 saturated carbocycles. The summed E-state index contributed by atoms with van der Waals surface area (Å²) in [5.41, 5.74) is 2.93. The Morgan fingerprint density at radius 3 is 3.00 bits per heavy atom. The van der Waals surface area contributed by atoms with Crippen molar-refractivity contribution in [1.29, 1.82) is 0 Å². The van der Waals surface area contributed by atoms with E-state index < -0.39 is 0 Å². The first kappa shape index (κ1) is 10.9. The highest BCUT2D eigenvalue weighted by molar-refractivity contribution is 8.04. The maximum absolute atomic E-state index is 11.1. The quantitative estimate of drug-likeness (QED) is 0.671. The number of amides is 2. The van der Waals surface area contributed by atoms with Crippen molar-refractivity contribution >= 4 is 23.6 Å². The van der Waals surface area contributed by atoms with Crippen LogP contribution in [0.1, 0.15) is 6.42 Å². The number of rotatable bonds is 2. The van der Waals surface area contributed by atoms with Crippen LogP contribution >= 0.6 is 11.8 Å². The molecule has 0 atom stereocenters. The van der Waals surface area contributed by atoms with Gasteiger partial charge in [0.1, 0.15) is 5.03 Å². The van der Waals surface area contributed by atoms with Crippen LogP contribution in [0.5, 0.6) is 0 Å². The van der Waals surface area contributed by atoms with Crippen LogP contribution in [0.25, 0.3) is 0 Å². The van der Waals surface area contributed by atoms with Gasteiger partial charge >= 0.3 is 0 Å². The first-order valence-electron chi connectivity index (χ1n) is 4.20. The van der Waals surface area contributed by atoms with Gasteiger partial charge in [-0.1, -0.05) is 17.5 Å². The topological polar surface area (TPSA) is 49.4 Å². The summed E-state index contributed by atoms with van der Waals surface area (Å²) in [6, 6.07) is 0. The second kappa shape index (κ2) is 4.88. The number of hydrogen-bond donors (Lipinski definition) is 1. The maximum Gasteiger partial charge on any atom is 0.238 e. The van der Waals surface area contributed by atoms with Gasteiger partial charge in [-0.05, 0) is 6.08 Å². The van der Waals surface area contributed by atoms with Gasteiger partial charge in [-0.15, -0.1) is 0 Å². The summed E-state index contributed by atoms with van der Waals surface area (Å²) in [4.78, 5) is 23.5. The van der Waals surface area contributed by atoms with E-state index in [1.165, 1.54) is 11.8 Å². The van der Waals surface area contributed by atoms with Gasteiger partial charge in [0.05, 0.1) is 12.2 Å². The van der Waals surface area contributed by atoms with Gasteiger partial charge in [0.2, 0.25) is 11.8 Å². The fourth-order valence-electron chi connectivity index (χ4n) is 0.909. The Balaban J connectivity index is 2.60. The minimum atomic E-state index is -0.0601. The Hall–Kier alpha value is -1.19. The molecular formula is C9H12N2O2S. The summed E-state index contributed by atoms with van der Waals surface area (Å²) in [6.45, 7) is 0. The van der Waals surface area contributed by atoms with Gasteiger partial charge in [-0.2, -0.15) is 0 Å². The first-order valence-corrected chi connectivity index (χ1v) is 5.19. The fourth-order valence-corrected chi connectivity index (χ4v) is 1.82. The highest BCUT2D eigenvalue weighted by Crippen LogP contribution is 2.25. The van der Waals surface area contributed by atoms with Gasteiger partial charge in [-0.25, -0.2) is 0 Å². The van der Waals surface area contributed by atoms with Crippen molar-refractivity contribution in [2.75, 3.05) is 19.8 Å². The third-order valence-electron chi connectivity index (χ3n) is 1.80. The van der Waals surface area contributed by atoms with E-state index in [0.29, 0.717) is 12.2 Å². The smallest absolute Gasteiger partial charge is 0.238 e. The van der Waals surface area contributed by atoms with Crippen LogP contribution in [0.15, 0.2) is 16.8 Å². The molecule has 0 spiro atoms. The van der Waals surface area contributed by atoms with Crippen LogP contribution in [-0.4, -0.2) is 36.6 Å². The average molecular weight is 212 g/mol. The lowest BCUT2D eigenvalue weighted by Crippen LogP contribution is -2.18. The molecule has 76 valence electrons. The number of carbonyl (C=O) groups excluding carboxylic acids is 2. The van der Waals surface area contributed by atoms with Crippen molar-refractivity contribution < 1.29 is 9.59 Å². The van der Waals surface area contributed by atoms with E-state index in [-0.39, 0.29) is 11.8 Å². The summed E-state index contributed by atoms with van der Waals surface area (Å²) in [7, 11) is 3.29. The third kappa shape index (κ3) is 2.65. The van der Waals surface area contributed by atoms with E-state index >= 15 is 0 Å². The van der Waals surface area contributed by atoms with Gasteiger partial charge in [0, 0.05) is 14.1 Å². The molecule has 1 saturated heterocycles.